The highest BCUT2D eigenvalue weighted by Crippen LogP contribution is 2.33. The van der Waals surface area contributed by atoms with E-state index in [0.717, 1.165) is 55.8 Å². The van der Waals surface area contributed by atoms with E-state index in [1.807, 2.05) is 34.8 Å². The van der Waals surface area contributed by atoms with Crippen molar-refractivity contribution in [2.24, 2.45) is 7.05 Å². The Bertz CT molecular complexity index is 1220. The minimum atomic E-state index is 0.0535. The zero-order valence-corrected chi connectivity index (χ0v) is 18.8. The minimum Gasteiger partial charge on any atom is -0.454 e. The Hall–Kier alpha value is -3.32. The third-order valence-corrected chi connectivity index (χ3v) is 7.11. The van der Waals surface area contributed by atoms with Crippen molar-refractivity contribution < 1.29 is 14.3 Å². The number of rotatable bonds is 4. The van der Waals surface area contributed by atoms with E-state index in [4.69, 9.17) is 9.47 Å². The summed E-state index contributed by atoms with van der Waals surface area (Å²) in [4.78, 5) is 15.4. The van der Waals surface area contributed by atoms with Gasteiger partial charge in [-0.2, -0.15) is 5.10 Å². The van der Waals surface area contributed by atoms with Crippen LogP contribution in [0, 0.1) is 0 Å². The van der Waals surface area contributed by atoms with Gasteiger partial charge in [0.05, 0.1) is 0 Å². The zero-order chi connectivity index (χ0) is 22.4. The number of carbonyl (C=O) groups is 1. The molecule has 0 fully saturated rings. The van der Waals surface area contributed by atoms with E-state index >= 15 is 0 Å². The zero-order valence-electron chi connectivity index (χ0n) is 18.8. The lowest BCUT2D eigenvalue weighted by Crippen LogP contribution is -2.38. The van der Waals surface area contributed by atoms with E-state index in [0.29, 0.717) is 18.3 Å². The molecule has 170 valence electrons. The maximum atomic E-state index is 13.5. The van der Waals surface area contributed by atoms with Gasteiger partial charge in [0.25, 0.3) is 5.91 Å². The molecule has 1 amide bonds. The molecule has 1 aliphatic carbocycles. The lowest BCUT2D eigenvalue weighted by Gasteiger charge is -2.29. The Morgan fingerprint density at radius 1 is 1.12 bits per heavy atom. The molecule has 1 aromatic heterocycles. The number of ether oxygens (including phenoxy) is 2. The number of nitrogens with one attached hydrogen (secondary N) is 1. The highest BCUT2D eigenvalue weighted by molar-refractivity contribution is 5.94. The van der Waals surface area contributed by atoms with Crippen LogP contribution < -0.4 is 14.8 Å². The first-order valence-electron chi connectivity index (χ1n) is 11.7. The van der Waals surface area contributed by atoms with Gasteiger partial charge >= 0.3 is 0 Å². The summed E-state index contributed by atoms with van der Waals surface area (Å²) in [5, 5.41) is 8.36. The molecule has 7 heteroatoms. The quantitative estimate of drug-likeness (QED) is 0.670. The molecule has 2 aromatic carbocycles. The maximum absolute atomic E-state index is 13.5. The van der Waals surface area contributed by atoms with E-state index in [2.05, 4.69) is 34.7 Å². The Kier molecular flexibility index (Phi) is 5.06. The first-order valence-corrected chi connectivity index (χ1v) is 11.7. The van der Waals surface area contributed by atoms with Gasteiger partial charge in [0.1, 0.15) is 0 Å². The molecule has 2 aliphatic heterocycles. The number of nitrogens with zero attached hydrogens (tertiary/aromatic N) is 3. The fourth-order valence-electron chi connectivity index (χ4n) is 5.27. The van der Waals surface area contributed by atoms with E-state index in [1.54, 1.807) is 0 Å². The number of aromatic nitrogens is 2. The number of benzene rings is 2. The molecule has 0 saturated carbocycles. The predicted molar refractivity (Wildman–Crippen MR) is 123 cm³/mol. The van der Waals surface area contributed by atoms with Crippen molar-refractivity contribution in [1.82, 2.24) is 20.0 Å². The average Bonchev–Trinajstić information content (AvgIpc) is 3.45. The normalized spacial score (nSPS) is 18.7. The minimum absolute atomic E-state index is 0.0535. The standard InChI is InChI=1S/C26H28N4O3/c1-29-22-8-7-20(27-14-17-6-9-23-24(12-17)33-16-32-23)13-21(22)25(28-29)26(31)30-11-10-18-4-2-3-5-19(18)15-30/h2-6,9,12,20,27H,7-8,10-11,13-16H2,1H3. The molecule has 0 bridgehead atoms. The lowest BCUT2D eigenvalue weighted by atomic mass is 9.90. The maximum Gasteiger partial charge on any atom is 0.274 e. The van der Waals surface area contributed by atoms with Crippen molar-refractivity contribution in [3.63, 3.8) is 0 Å². The highest BCUT2D eigenvalue weighted by atomic mass is 16.7. The summed E-state index contributed by atoms with van der Waals surface area (Å²) in [5.74, 6) is 1.67. The van der Waals surface area contributed by atoms with Gasteiger partial charge in [-0.15, -0.1) is 0 Å². The predicted octanol–water partition coefficient (Wildman–Crippen LogP) is 2.99. The van der Waals surface area contributed by atoms with Crippen molar-refractivity contribution in [1.29, 1.82) is 0 Å². The first kappa shape index (κ1) is 20.3. The van der Waals surface area contributed by atoms with Crippen molar-refractivity contribution in [2.75, 3.05) is 13.3 Å². The summed E-state index contributed by atoms with van der Waals surface area (Å²) in [6.45, 7) is 2.44. The van der Waals surface area contributed by atoms with Crippen LogP contribution in [-0.2, 0) is 39.4 Å². The topological polar surface area (TPSA) is 68.6 Å². The number of hydrogen-bond donors (Lipinski definition) is 1. The Balaban J connectivity index is 1.16. The van der Waals surface area contributed by atoms with Gasteiger partial charge in [0, 0.05) is 44.0 Å². The van der Waals surface area contributed by atoms with Gasteiger partial charge < -0.3 is 19.7 Å². The molecule has 7 nitrogen and oxygen atoms in total. The molecule has 1 unspecified atom stereocenters. The molecule has 0 spiro atoms. The summed E-state index contributed by atoms with van der Waals surface area (Å²) in [6, 6.07) is 14.8. The third-order valence-electron chi connectivity index (χ3n) is 7.11. The first-order chi connectivity index (χ1) is 16.2. The molecule has 3 heterocycles. The number of hydrogen-bond acceptors (Lipinski definition) is 5. The summed E-state index contributed by atoms with van der Waals surface area (Å²) >= 11 is 0. The molecule has 33 heavy (non-hydrogen) atoms. The monoisotopic (exact) mass is 444 g/mol. The van der Waals surface area contributed by atoms with Crippen LogP contribution in [-0.4, -0.2) is 40.0 Å². The van der Waals surface area contributed by atoms with Crippen LogP contribution in [0.3, 0.4) is 0 Å². The molecule has 6 rings (SSSR count). The molecule has 3 aliphatic rings. The SMILES string of the molecule is Cn1nc(C(=O)N2CCc3ccccc3C2)c2c1CCC(NCc1ccc3c(c1)OCO3)C2. The van der Waals surface area contributed by atoms with Gasteiger partial charge in [0.15, 0.2) is 17.2 Å². The van der Waals surface area contributed by atoms with Crippen molar-refractivity contribution in [2.45, 2.75) is 44.8 Å². The summed E-state index contributed by atoms with van der Waals surface area (Å²) in [5.41, 5.74) is 6.68. The molecular weight excluding hydrogens is 416 g/mol. The van der Waals surface area contributed by atoms with Gasteiger partial charge in [-0.25, -0.2) is 0 Å². The number of aryl methyl sites for hydroxylation is 1. The van der Waals surface area contributed by atoms with Gasteiger partial charge in [-0.1, -0.05) is 30.3 Å². The number of amides is 1. The third kappa shape index (κ3) is 3.76. The van der Waals surface area contributed by atoms with Crippen LogP contribution in [0.25, 0.3) is 0 Å². The number of fused-ring (bicyclic) bond motifs is 3. The second kappa shape index (κ2) is 8.23. The Morgan fingerprint density at radius 2 is 1.97 bits per heavy atom. The van der Waals surface area contributed by atoms with Gasteiger partial charge in [0.2, 0.25) is 6.79 Å². The fourth-order valence-corrected chi connectivity index (χ4v) is 5.27. The highest BCUT2D eigenvalue weighted by Gasteiger charge is 2.31. The van der Waals surface area contributed by atoms with Crippen LogP contribution >= 0.6 is 0 Å². The molecular formula is C26H28N4O3. The largest absolute Gasteiger partial charge is 0.454 e. The van der Waals surface area contributed by atoms with Gasteiger partial charge in [-0.05, 0) is 54.5 Å². The van der Waals surface area contributed by atoms with Crippen LogP contribution in [0.2, 0.25) is 0 Å². The van der Waals surface area contributed by atoms with E-state index in [1.165, 1.54) is 22.4 Å². The smallest absolute Gasteiger partial charge is 0.274 e. The molecule has 0 saturated heterocycles. The fraction of sp³-hybridized carbons (Fsp3) is 0.385. The molecule has 0 radical (unpaired) electrons. The average molecular weight is 445 g/mol. The summed E-state index contributed by atoms with van der Waals surface area (Å²) < 4.78 is 12.8. The van der Waals surface area contributed by atoms with Crippen LogP contribution in [0.15, 0.2) is 42.5 Å². The summed E-state index contributed by atoms with van der Waals surface area (Å²) in [6.07, 6.45) is 3.67. The van der Waals surface area contributed by atoms with Crippen LogP contribution in [0.4, 0.5) is 0 Å². The van der Waals surface area contributed by atoms with Crippen LogP contribution in [0.5, 0.6) is 11.5 Å². The van der Waals surface area contributed by atoms with Crippen molar-refractivity contribution in [3.05, 3.63) is 76.1 Å². The Labute approximate surface area is 193 Å². The molecule has 3 aromatic rings. The number of carbonyl (C=O) groups excluding carboxylic acids is 1. The summed E-state index contributed by atoms with van der Waals surface area (Å²) in [7, 11) is 1.96. The lowest BCUT2D eigenvalue weighted by molar-refractivity contribution is 0.0726. The second-order valence-corrected chi connectivity index (χ2v) is 9.15. The van der Waals surface area contributed by atoms with Crippen molar-refractivity contribution in [3.8, 4) is 11.5 Å². The molecule has 1 atom stereocenters. The van der Waals surface area contributed by atoms with E-state index < -0.39 is 0 Å². The van der Waals surface area contributed by atoms with Crippen LogP contribution in [0.1, 0.15) is 44.9 Å². The second-order valence-electron chi connectivity index (χ2n) is 9.15. The Morgan fingerprint density at radius 3 is 2.88 bits per heavy atom. The van der Waals surface area contributed by atoms with E-state index in [-0.39, 0.29) is 12.7 Å². The molecule has 1 N–H and O–H groups in total. The van der Waals surface area contributed by atoms with E-state index in [9.17, 15) is 4.79 Å². The van der Waals surface area contributed by atoms with Gasteiger partial charge in [-0.3, -0.25) is 9.48 Å². The van der Waals surface area contributed by atoms with Crippen molar-refractivity contribution >= 4 is 5.91 Å².